The van der Waals surface area contributed by atoms with Gasteiger partial charge < -0.3 is 10.4 Å². The molecule has 2 N–H and O–H groups in total. The predicted octanol–water partition coefficient (Wildman–Crippen LogP) is 1.81. The minimum atomic E-state index is -1.08. The molecule has 0 bridgehead atoms. The number of nitrogens with zero attached hydrogens (tertiary/aromatic N) is 3. The SMILES string of the molecule is CC(C)n1nccc1NC(=O)c1ccc(C(=O)O)cn1. The van der Waals surface area contributed by atoms with Gasteiger partial charge in [-0.2, -0.15) is 5.10 Å². The van der Waals surface area contributed by atoms with E-state index in [1.807, 2.05) is 13.8 Å². The van der Waals surface area contributed by atoms with Crippen LogP contribution in [-0.4, -0.2) is 31.7 Å². The number of aromatic nitrogens is 3. The van der Waals surface area contributed by atoms with Gasteiger partial charge in [0.25, 0.3) is 5.91 Å². The van der Waals surface area contributed by atoms with Gasteiger partial charge in [-0.1, -0.05) is 0 Å². The molecule has 2 heterocycles. The summed E-state index contributed by atoms with van der Waals surface area (Å²) in [6.07, 6.45) is 2.74. The number of carbonyl (C=O) groups excluding carboxylic acids is 1. The number of carboxylic acids is 1. The third-order valence-corrected chi connectivity index (χ3v) is 2.64. The molecule has 0 saturated heterocycles. The molecule has 0 radical (unpaired) electrons. The molecule has 0 aliphatic heterocycles. The first kappa shape index (κ1) is 13.7. The van der Waals surface area contributed by atoms with Crippen molar-refractivity contribution < 1.29 is 14.7 Å². The van der Waals surface area contributed by atoms with Gasteiger partial charge in [-0.05, 0) is 26.0 Å². The average molecular weight is 274 g/mol. The van der Waals surface area contributed by atoms with Crippen molar-refractivity contribution in [2.75, 3.05) is 5.32 Å². The Morgan fingerprint density at radius 1 is 1.30 bits per heavy atom. The Bertz CT molecular complexity index is 631. The minimum Gasteiger partial charge on any atom is -0.478 e. The molecule has 2 rings (SSSR count). The highest BCUT2D eigenvalue weighted by Gasteiger charge is 2.13. The lowest BCUT2D eigenvalue weighted by atomic mass is 10.2. The molecule has 0 fully saturated rings. The van der Waals surface area contributed by atoms with E-state index in [2.05, 4.69) is 15.4 Å². The third-order valence-electron chi connectivity index (χ3n) is 2.64. The van der Waals surface area contributed by atoms with Crippen molar-refractivity contribution in [3.63, 3.8) is 0 Å². The van der Waals surface area contributed by atoms with Crippen LogP contribution in [0.15, 0.2) is 30.6 Å². The Balaban J connectivity index is 2.15. The van der Waals surface area contributed by atoms with Gasteiger partial charge >= 0.3 is 5.97 Å². The van der Waals surface area contributed by atoms with E-state index in [1.165, 1.54) is 12.1 Å². The second-order valence-corrected chi connectivity index (χ2v) is 4.45. The maximum Gasteiger partial charge on any atom is 0.337 e. The fraction of sp³-hybridized carbons (Fsp3) is 0.231. The summed E-state index contributed by atoms with van der Waals surface area (Å²) >= 11 is 0. The Kier molecular flexibility index (Phi) is 3.79. The summed E-state index contributed by atoms with van der Waals surface area (Å²) in [4.78, 5) is 26.5. The van der Waals surface area contributed by atoms with E-state index >= 15 is 0 Å². The van der Waals surface area contributed by atoms with E-state index in [4.69, 9.17) is 5.11 Å². The van der Waals surface area contributed by atoms with Crippen molar-refractivity contribution in [2.45, 2.75) is 19.9 Å². The molecule has 2 aromatic rings. The first-order valence-electron chi connectivity index (χ1n) is 6.03. The molecule has 0 aliphatic rings. The molecule has 7 nitrogen and oxygen atoms in total. The summed E-state index contributed by atoms with van der Waals surface area (Å²) in [6, 6.07) is 4.50. The van der Waals surface area contributed by atoms with Gasteiger partial charge in [-0.15, -0.1) is 0 Å². The Morgan fingerprint density at radius 2 is 2.05 bits per heavy atom. The zero-order valence-corrected chi connectivity index (χ0v) is 11.1. The number of hydrogen-bond donors (Lipinski definition) is 2. The fourth-order valence-electron chi connectivity index (χ4n) is 1.66. The molecule has 7 heteroatoms. The number of hydrogen-bond acceptors (Lipinski definition) is 4. The quantitative estimate of drug-likeness (QED) is 0.886. The highest BCUT2D eigenvalue weighted by molar-refractivity contribution is 6.02. The summed E-state index contributed by atoms with van der Waals surface area (Å²) in [5.41, 5.74) is 0.181. The van der Waals surface area contributed by atoms with Gasteiger partial charge in [0, 0.05) is 18.3 Å². The molecule has 20 heavy (non-hydrogen) atoms. The molecule has 104 valence electrons. The van der Waals surface area contributed by atoms with Crippen LogP contribution < -0.4 is 5.32 Å². The van der Waals surface area contributed by atoms with Gasteiger partial charge in [0.2, 0.25) is 0 Å². The van der Waals surface area contributed by atoms with Crippen molar-refractivity contribution in [3.05, 3.63) is 41.9 Å². The van der Waals surface area contributed by atoms with Crippen LogP contribution >= 0.6 is 0 Å². The fourth-order valence-corrected chi connectivity index (χ4v) is 1.66. The number of amides is 1. The number of pyridine rings is 1. The van der Waals surface area contributed by atoms with Gasteiger partial charge in [0.05, 0.1) is 11.8 Å². The van der Waals surface area contributed by atoms with Crippen molar-refractivity contribution in [1.29, 1.82) is 0 Å². The highest BCUT2D eigenvalue weighted by Crippen LogP contribution is 2.14. The Hall–Kier alpha value is -2.70. The van der Waals surface area contributed by atoms with Crippen LogP contribution in [0.4, 0.5) is 5.82 Å². The van der Waals surface area contributed by atoms with E-state index in [0.717, 1.165) is 6.20 Å². The van der Waals surface area contributed by atoms with Gasteiger partial charge in [0.1, 0.15) is 11.5 Å². The lowest BCUT2D eigenvalue weighted by Gasteiger charge is -2.11. The summed E-state index contributed by atoms with van der Waals surface area (Å²) in [6.45, 7) is 3.89. The summed E-state index contributed by atoms with van der Waals surface area (Å²) in [5, 5.41) is 15.6. The number of carboxylic acid groups (broad SMARTS) is 1. The minimum absolute atomic E-state index is 0.0359. The number of carbonyl (C=O) groups is 2. The van der Waals surface area contributed by atoms with E-state index in [0.29, 0.717) is 5.82 Å². The van der Waals surface area contributed by atoms with Gasteiger partial charge in [-0.3, -0.25) is 9.78 Å². The van der Waals surface area contributed by atoms with E-state index < -0.39 is 11.9 Å². The summed E-state index contributed by atoms with van der Waals surface area (Å²) in [5.74, 6) is -0.930. The molecule has 1 amide bonds. The maximum absolute atomic E-state index is 12.0. The first-order valence-corrected chi connectivity index (χ1v) is 6.03. The molecule has 0 aromatic carbocycles. The first-order chi connectivity index (χ1) is 9.49. The second kappa shape index (κ2) is 5.52. The summed E-state index contributed by atoms with van der Waals surface area (Å²) < 4.78 is 1.67. The van der Waals surface area contributed by atoms with E-state index in [-0.39, 0.29) is 17.3 Å². The van der Waals surface area contributed by atoms with Crippen molar-refractivity contribution >= 4 is 17.7 Å². The lowest BCUT2D eigenvalue weighted by Crippen LogP contribution is -2.18. The molecule has 0 unspecified atom stereocenters. The molecule has 0 atom stereocenters. The van der Waals surface area contributed by atoms with Crippen LogP contribution in [-0.2, 0) is 0 Å². The number of anilines is 1. The molecule has 0 saturated carbocycles. The Morgan fingerprint density at radius 3 is 2.60 bits per heavy atom. The smallest absolute Gasteiger partial charge is 0.337 e. The maximum atomic E-state index is 12.0. The van der Waals surface area contributed by atoms with Gasteiger partial charge in [0.15, 0.2) is 0 Å². The monoisotopic (exact) mass is 274 g/mol. The van der Waals surface area contributed by atoms with Crippen LogP contribution in [0.3, 0.4) is 0 Å². The Labute approximate surface area is 115 Å². The average Bonchev–Trinajstić information content (AvgIpc) is 2.87. The number of nitrogens with one attached hydrogen (secondary N) is 1. The normalized spacial score (nSPS) is 10.6. The van der Waals surface area contributed by atoms with Crippen LogP contribution in [0.2, 0.25) is 0 Å². The molecular weight excluding hydrogens is 260 g/mol. The topological polar surface area (TPSA) is 97.1 Å². The molecule has 2 aromatic heterocycles. The van der Waals surface area contributed by atoms with Crippen LogP contribution in [0.25, 0.3) is 0 Å². The van der Waals surface area contributed by atoms with Gasteiger partial charge in [-0.25, -0.2) is 9.48 Å². The van der Waals surface area contributed by atoms with Crippen molar-refractivity contribution in [1.82, 2.24) is 14.8 Å². The van der Waals surface area contributed by atoms with Crippen molar-refractivity contribution in [3.8, 4) is 0 Å². The number of rotatable bonds is 4. The van der Waals surface area contributed by atoms with Crippen LogP contribution in [0.1, 0.15) is 40.7 Å². The molecular formula is C13H14N4O3. The van der Waals surface area contributed by atoms with E-state index in [1.54, 1.807) is 16.9 Å². The van der Waals surface area contributed by atoms with Crippen molar-refractivity contribution in [2.24, 2.45) is 0 Å². The van der Waals surface area contributed by atoms with E-state index in [9.17, 15) is 9.59 Å². The zero-order chi connectivity index (χ0) is 14.7. The lowest BCUT2D eigenvalue weighted by molar-refractivity contribution is 0.0696. The summed E-state index contributed by atoms with van der Waals surface area (Å²) in [7, 11) is 0. The standard InChI is InChI=1S/C13H14N4O3/c1-8(2)17-11(5-6-15-17)16-12(18)10-4-3-9(7-14-10)13(19)20/h3-8H,1-2H3,(H,16,18)(H,19,20). The molecule has 0 aliphatic carbocycles. The van der Waals surface area contributed by atoms with Crippen LogP contribution in [0.5, 0.6) is 0 Å². The van der Waals surface area contributed by atoms with Crippen LogP contribution in [0, 0.1) is 0 Å². The number of aromatic carboxylic acids is 1. The molecule has 0 spiro atoms. The zero-order valence-electron chi connectivity index (χ0n) is 11.1. The third kappa shape index (κ3) is 2.82. The largest absolute Gasteiger partial charge is 0.478 e. The highest BCUT2D eigenvalue weighted by atomic mass is 16.4. The predicted molar refractivity (Wildman–Crippen MR) is 71.8 cm³/mol. The second-order valence-electron chi connectivity index (χ2n) is 4.45.